The number of anilines is 1. The number of Topliss-reactive ketones (excluding diaryl/α,β-unsaturated/α-hetero) is 1. The van der Waals surface area contributed by atoms with Gasteiger partial charge in [0.05, 0.1) is 11.1 Å². The Bertz CT molecular complexity index is 1510. The van der Waals surface area contributed by atoms with Crippen molar-refractivity contribution in [3.63, 3.8) is 0 Å². The molecule has 0 aliphatic rings. The Kier molecular flexibility index (Phi) is 7.39. The number of H-pyrrole nitrogens is 1. The Labute approximate surface area is 216 Å². The van der Waals surface area contributed by atoms with Gasteiger partial charge in [-0.15, -0.1) is 0 Å². The Morgan fingerprint density at radius 3 is 2.32 bits per heavy atom. The number of primary amides is 1. The predicted octanol–water partition coefficient (Wildman–Crippen LogP) is 6.65. The van der Waals surface area contributed by atoms with E-state index in [2.05, 4.69) is 16.9 Å². The lowest BCUT2D eigenvalue weighted by Crippen LogP contribution is -2.12. The molecular weight excluding hydrogens is 462 g/mol. The lowest BCUT2D eigenvalue weighted by atomic mass is 9.92. The summed E-state index contributed by atoms with van der Waals surface area (Å²) in [7, 11) is 0. The third-order valence-electron chi connectivity index (χ3n) is 6.96. The van der Waals surface area contributed by atoms with Crippen molar-refractivity contribution < 1.29 is 14.4 Å². The molecule has 6 heteroatoms. The zero-order chi connectivity index (χ0) is 26.7. The standard InChI is InChI=1S/C31H31N3O3/c1-5-19(6-2)30(36)21-13-11-20(12-14-21)27-17-25-23(15-16-24(31(32)37)29(25)34-27)22-9-8-10-26(18(22)4)33-28(35)7-3/h7-17,19,34H,3,5-6H2,1-2,4H3,(H2,32,37)(H,33,35). The minimum atomic E-state index is -0.528. The molecule has 4 N–H and O–H groups in total. The Morgan fingerprint density at radius 2 is 1.70 bits per heavy atom. The Balaban J connectivity index is 1.82. The molecule has 0 aliphatic heterocycles. The Hall–Kier alpha value is -4.45. The summed E-state index contributed by atoms with van der Waals surface area (Å²) in [5, 5.41) is 3.68. The molecule has 0 saturated carbocycles. The summed E-state index contributed by atoms with van der Waals surface area (Å²) >= 11 is 0. The molecule has 4 aromatic rings. The van der Waals surface area contributed by atoms with E-state index >= 15 is 0 Å². The minimum absolute atomic E-state index is 0.0230. The number of benzene rings is 3. The van der Waals surface area contributed by atoms with Gasteiger partial charge in [-0.05, 0) is 66.3 Å². The van der Waals surface area contributed by atoms with Gasteiger partial charge in [-0.25, -0.2) is 0 Å². The molecule has 0 saturated heterocycles. The van der Waals surface area contributed by atoms with Gasteiger partial charge >= 0.3 is 0 Å². The van der Waals surface area contributed by atoms with Crippen LogP contribution < -0.4 is 11.1 Å². The number of amides is 2. The van der Waals surface area contributed by atoms with Crippen LogP contribution in [-0.4, -0.2) is 22.6 Å². The first kappa shape index (κ1) is 25.6. The molecule has 2 amide bonds. The first-order chi connectivity index (χ1) is 17.8. The Morgan fingerprint density at radius 1 is 1.00 bits per heavy atom. The zero-order valence-corrected chi connectivity index (χ0v) is 21.4. The highest BCUT2D eigenvalue weighted by Crippen LogP contribution is 2.37. The van der Waals surface area contributed by atoms with Crippen molar-refractivity contribution in [2.45, 2.75) is 33.6 Å². The highest BCUT2D eigenvalue weighted by Gasteiger charge is 2.19. The second-order valence-corrected chi connectivity index (χ2v) is 9.12. The fourth-order valence-electron chi connectivity index (χ4n) is 4.77. The number of ketones is 1. The van der Waals surface area contributed by atoms with Gasteiger partial charge in [0.25, 0.3) is 5.91 Å². The van der Waals surface area contributed by atoms with E-state index in [1.165, 1.54) is 6.08 Å². The molecule has 0 atom stereocenters. The van der Waals surface area contributed by atoms with Gasteiger partial charge in [0.15, 0.2) is 5.78 Å². The summed E-state index contributed by atoms with van der Waals surface area (Å²) in [4.78, 5) is 40.3. The van der Waals surface area contributed by atoms with Crippen LogP contribution in [0.2, 0.25) is 0 Å². The van der Waals surface area contributed by atoms with Gasteiger partial charge in [-0.2, -0.15) is 0 Å². The quantitative estimate of drug-likeness (QED) is 0.179. The summed E-state index contributed by atoms with van der Waals surface area (Å²) in [5.74, 6) is -0.635. The van der Waals surface area contributed by atoms with Crippen molar-refractivity contribution in [1.82, 2.24) is 4.98 Å². The largest absolute Gasteiger partial charge is 0.366 e. The molecule has 188 valence electrons. The number of hydrogen-bond donors (Lipinski definition) is 3. The predicted molar refractivity (Wildman–Crippen MR) is 150 cm³/mol. The fourth-order valence-corrected chi connectivity index (χ4v) is 4.77. The molecule has 37 heavy (non-hydrogen) atoms. The van der Waals surface area contributed by atoms with E-state index in [4.69, 9.17) is 5.73 Å². The van der Waals surface area contributed by atoms with Gasteiger partial charge in [0.2, 0.25) is 5.91 Å². The number of carbonyl (C=O) groups excluding carboxylic acids is 3. The highest BCUT2D eigenvalue weighted by molar-refractivity contribution is 6.11. The lowest BCUT2D eigenvalue weighted by molar-refractivity contribution is -0.111. The van der Waals surface area contributed by atoms with Crippen LogP contribution in [0.15, 0.2) is 73.3 Å². The SMILES string of the molecule is C=CC(=O)Nc1cccc(-c2ccc(C(N)=O)c3[nH]c(-c4ccc(C(=O)C(CC)CC)cc4)cc23)c1C. The number of fused-ring (bicyclic) bond motifs is 1. The normalized spacial score (nSPS) is 11.0. The number of carbonyl (C=O) groups is 3. The van der Waals surface area contributed by atoms with Crippen LogP contribution in [0, 0.1) is 12.8 Å². The molecule has 0 unspecified atom stereocenters. The van der Waals surface area contributed by atoms with Crippen molar-refractivity contribution in [3.8, 4) is 22.4 Å². The van der Waals surface area contributed by atoms with Gasteiger partial charge in [-0.1, -0.05) is 62.9 Å². The smallest absolute Gasteiger partial charge is 0.250 e. The summed E-state index contributed by atoms with van der Waals surface area (Å²) in [6.07, 6.45) is 2.86. The molecular formula is C31H31N3O3. The lowest BCUT2D eigenvalue weighted by Gasteiger charge is -2.13. The van der Waals surface area contributed by atoms with Gasteiger partial charge < -0.3 is 16.0 Å². The van der Waals surface area contributed by atoms with Crippen LogP contribution in [0.4, 0.5) is 5.69 Å². The summed E-state index contributed by atoms with van der Waals surface area (Å²) in [6, 6.07) is 18.8. The third kappa shape index (κ3) is 4.96. The summed E-state index contributed by atoms with van der Waals surface area (Å²) in [5.41, 5.74) is 12.5. The second-order valence-electron chi connectivity index (χ2n) is 9.12. The van der Waals surface area contributed by atoms with E-state index in [-0.39, 0.29) is 17.6 Å². The number of nitrogens with two attached hydrogens (primary N) is 1. The van der Waals surface area contributed by atoms with E-state index in [1.54, 1.807) is 6.07 Å². The van der Waals surface area contributed by atoms with Crippen LogP contribution in [0.25, 0.3) is 33.3 Å². The van der Waals surface area contributed by atoms with Crippen molar-refractivity contribution in [1.29, 1.82) is 0 Å². The van der Waals surface area contributed by atoms with Gasteiger partial charge in [-0.3, -0.25) is 14.4 Å². The maximum absolute atomic E-state index is 12.8. The van der Waals surface area contributed by atoms with Crippen molar-refractivity contribution in [3.05, 3.63) is 90.0 Å². The molecule has 0 spiro atoms. The van der Waals surface area contributed by atoms with Crippen molar-refractivity contribution in [2.75, 3.05) is 5.32 Å². The van der Waals surface area contributed by atoms with Gasteiger partial charge in [0, 0.05) is 28.2 Å². The molecule has 0 bridgehead atoms. The van der Waals surface area contributed by atoms with Gasteiger partial charge in [0.1, 0.15) is 0 Å². The zero-order valence-electron chi connectivity index (χ0n) is 21.4. The second kappa shape index (κ2) is 10.7. The summed E-state index contributed by atoms with van der Waals surface area (Å²) < 4.78 is 0. The van der Waals surface area contributed by atoms with Crippen LogP contribution >= 0.6 is 0 Å². The first-order valence-corrected chi connectivity index (χ1v) is 12.4. The monoisotopic (exact) mass is 493 g/mol. The van der Waals surface area contributed by atoms with Crippen molar-refractivity contribution >= 4 is 34.2 Å². The average Bonchev–Trinajstić information content (AvgIpc) is 3.35. The molecule has 0 aliphatic carbocycles. The average molecular weight is 494 g/mol. The number of aromatic nitrogens is 1. The van der Waals surface area contributed by atoms with Crippen LogP contribution in [0.3, 0.4) is 0 Å². The van der Waals surface area contributed by atoms with E-state index in [1.807, 2.05) is 75.4 Å². The number of rotatable bonds is 9. The minimum Gasteiger partial charge on any atom is -0.366 e. The molecule has 4 rings (SSSR count). The highest BCUT2D eigenvalue weighted by atomic mass is 16.2. The molecule has 6 nitrogen and oxygen atoms in total. The van der Waals surface area contributed by atoms with Crippen LogP contribution in [0.1, 0.15) is 53.0 Å². The van der Waals surface area contributed by atoms with E-state index in [9.17, 15) is 14.4 Å². The molecule has 1 heterocycles. The van der Waals surface area contributed by atoms with Crippen molar-refractivity contribution in [2.24, 2.45) is 11.7 Å². The van der Waals surface area contributed by atoms with E-state index < -0.39 is 5.91 Å². The van der Waals surface area contributed by atoms with E-state index in [0.29, 0.717) is 22.3 Å². The van der Waals surface area contributed by atoms with E-state index in [0.717, 1.165) is 46.2 Å². The fraction of sp³-hybridized carbons (Fsp3) is 0.194. The maximum atomic E-state index is 12.8. The van der Waals surface area contributed by atoms with Crippen LogP contribution in [0.5, 0.6) is 0 Å². The molecule has 0 radical (unpaired) electrons. The number of nitrogens with one attached hydrogen (secondary N) is 2. The third-order valence-corrected chi connectivity index (χ3v) is 6.96. The van der Waals surface area contributed by atoms with Crippen LogP contribution in [-0.2, 0) is 4.79 Å². The number of hydrogen-bond acceptors (Lipinski definition) is 3. The maximum Gasteiger partial charge on any atom is 0.250 e. The number of aromatic amines is 1. The molecule has 1 aromatic heterocycles. The summed E-state index contributed by atoms with van der Waals surface area (Å²) in [6.45, 7) is 9.52. The first-order valence-electron chi connectivity index (χ1n) is 12.4. The molecule has 3 aromatic carbocycles. The molecule has 0 fully saturated rings. The topological polar surface area (TPSA) is 105 Å².